The fraction of sp³-hybridized carbons (Fsp3) is 0.597. The van der Waals surface area contributed by atoms with Crippen LogP contribution in [0.5, 0.6) is 0 Å². The van der Waals surface area contributed by atoms with Gasteiger partial charge in [-0.1, -0.05) is 86.1 Å². The highest BCUT2D eigenvalue weighted by Gasteiger charge is 2.43. The third-order valence-electron chi connectivity index (χ3n) is 16.1. The minimum absolute atomic E-state index is 0.00228. The molecule has 2 aromatic carbocycles. The predicted octanol–water partition coefficient (Wildman–Crippen LogP) is -0.712. The van der Waals surface area contributed by atoms with Gasteiger partial charge in [0.25, 0.3) is 0 Å². The van der Waals surface area contributed by atoms with E-state index in [-0.39, 0.29) is 127 Å². The van der Waals surface area contributed by atoms with E-state index in [9.17, 15) is 57.8 Å². The summed E-state index contributed by atoms with van der Waals surface area (Å²) in [5.74, 6) is -7.17. The van der Waals surface area contributed by atoms with Crippen molar-refractivity contribution in [2.24, 2.45) is 11.7 Å². The molecule has 7 rings (SSSR count). The van der Waals surface area contributed by atoms with Crippen LogP contribution in [0.25, 0.3) is 0 Å². The number of aryl methyl sites for hydroxylation is 1. The van der Waals surface area contributed by atoms with Gasteiger partial charge in [0.15, 0.2) is 0 Å². The molecule has 3 fully saturated rings. The van der Waals surface area contributed by atoms with Crippen molar-refractivity contribution in [3.05, 3.63) is 83.7 Å². The highest BCUT2D eigenvalue weighted by atomic mass is 32.2. The number of nitrogens with one attached hydrogen (secondary N) is 9. The van der Waals surface area contributed by atoms with E-state index in [1.165, 1.54) is 9.58 Å². The van der Waals surface area contributed by atoms with Crippen LogP contribution in [0, 0.1) is 5.92 Å². The first-order valence-electron chi connectivity index (χ1n) is 31.6. The highest BCUT2D eigenvalue weighted by molar-refractivity contribution is 8.00. The summed E-state index contributed by atoms with van der Waals surface area (Å²) in [4.78, 5) is 151. The van der Waals surface area contributed by atoms with Gasteiger partial charge in [-0.3, -0.25) is 52.6 Å². The standard InChI is InChI=1S/C62H88N14O15S/c1-38(2)30-43-56(82)70-47(32-40-16-7-4-8-17-40)61(87)76-24-13-19-49(76)60(86)69-44(31-39-14-5-3-6-15-39)57(83)68-46(34-53(79)80)59(85)66-42(55(63)81)18-11-12-23-75-35-41(73-74-75)33-45(58(84)67-43)65-52(78)36-91-29-28-90-27-26-89-25-22-64-51(77)21-10-9-20-50-54-48(37-92-50)71-62(88)72-54/h3-8,14-17,35,38,42-50,54H,9-13,18-34,36-37H2,1-2H3,(H2,63,81)(H,64,77)(H,65,78)(H,66,85)(H,67,84)(H,68,83)(H,69,86)(H,70,82)(H,79,80)(H2,71,72,88)/t42-,43-,44-,45-,46-,47-,48+,49-,50+,54+/m0/s1. The fourth-order valence-corrected chi connectivity index (χ4v) is 12.9. The predicted molar refractivity (Wildman–Crippen MR) is 335 cm³/mol. The summed E-state index contributed by atoms with van der Waals surface area (Å²) in [5.41, 5.74) is 7.25. The largest absolute Gasteiger partial charge is 0.481 e. The first-order chi connectivity index (χ1) is 44.3. The molecule has 12 N–H and O–H groups in total. The Balaban J connectivity index is 0.996. The number of benzene rings is 2. The molecule has 1 aromatic heterocycles. The molecule has 5 heterocycles. The minimum atomic E-state index is -1.72. The first-order valence-corrected chi connectivity index (χ1v) is 32.6. The Labute approximate surface area is 538 Å². The summed E-state index contributed by atoms with van der Waals surface area (Å²) < 4.78 is 18.3. The Morgan fingerprint density at radius 1 is 0.696 bits per heavy atom. The number of aliphatic carboxylic acids is 1. The summed E-state index contributed by atoms with van der Waals surface area (Å²) in [6, 6.07) is 8.23. The number of primary amides is 1. The average molecular weight is 1300 g/mol. The third-order valence-corrected chi connectivity index (χ3v) is 17.6. The lowest BCUT2D eigenvalue weighted by Crippen LogP contribution is -2.60. The van der Waals surface area contributed by atoms with Gasteiger partial charge in [0.05, 0.1) is 57.2 Å². The molecule has 0 saturated carbocycles. The number of nitrogens with zero attached hydrogens (tertiary/aromatic N) is 4. The van der Waals surface area contributed by atoms with E-state index in [1.54, 1.807) is 66.9 Å². The number of urea groups is 1. The minimum Gasteiger partial charge on any atom is -0.481 e. The number of carboxylic acids is 1. The van der Waals surface area contributed by atoms with Crippen molar-refractivity contribution in [2.75, 3.05) is 58.5 Å². The zero-order valence-electron chi connectivity index (χ0n) is 52.1. The first kappa shape index (κ1) is 71.2. The molecule has 4 aliphatic rings. The smallest absolute Gasteiger partial charge is 0.315 e. The van der Waals surface area contributed by atoms with Crippen molar-refractivity contribution in [1.82, 2.24) is 67.7 Å². The molecule has 11 amide bonds. The number of thioether (sulfide) groups is 1. The van der Waals surface area contributed by atoms with Crippen LogP contribution in [0.4, 0.5) is 4.79 Å². The van der Waals surface area contributed by atoms with Gasteiger partial charge in [0.2, 0.25) is 53.2 Å². The van der Waals surface area contributed by atoms with Crippen LogP contribution < -0.4 is 53.6 Å². The molecule has 10 atom stereocenters. The molecule has 4 aliphatic heterocycles. The van der Waals surface area contributed by atoms with Crippen molar-refractivity contribution in [3.63, 3.8) is 0 Å². The van der Waals surface area contributed by atoms with E-state index < -0.39 is 109 Å². The summed E-state index contributed by atoms with van der Waals surface area (Å²) in [6.07, 6.45) is 4.55. The number of amides is 11. The number of carbonyl (C=O) groups excluding carboxylic acids is 10. The Bertz CT molecular complexity index is 2980. The van der Waals surface area contributed by atoms with Crippen molar-refractivity contribution < 1.29 is 72.1 Å². The van der Waals surface area contributed by atoms with E-state index in [2.05, 4.69) is 58.2 Å². The van der Waals surface area contributed by atoms with Gasteiger partial charge < -0.3 is 77.8 Å². The second-order valence-corrected chi connectivity index (χ2v) is 25.1. The molecule has 0 spiro atoms. The van der Waals surface area contributed by atoms with Crippen LogP contribution in [0.1, 0.15) is 101 Å². The molecule has 29 nitrogen and oxygen atoms in total. The molecule has 30 heteroatoms. The lowest BCUT2D eigenvalue weighted by atomic mass is 10.00. The zero-order chi connectivity index (χ0) is 65.9. The van der Waals surface area contributed by atoms with Gasteiger partial charge in [-0.05, 0) is 68.4 Å². The Hall–Kier alpha value is -8.22. The number of fused-ring (bicyclic) bond motifs is 4. The van der Waals surface area contributed by atoms with Gasteiger partial charge in [-0.15, -0.1) is 5.10 Å². The summed E-state index contributed by atoms with van der Waals surface area (Å²) in [6.45, 7) is 4.72. The van der Waals surface area contributed by atoms with Crippen molar-refractivity contribution in [1.29, 1.82) is 0 Å². The lowest BCUT2D eigenvalue weighted by Gasteiger charge is -2.31. The molecule has 0 aliphatic carbocycles. The van der Waals surface area contributed by atoms with Crippen molar-refractivity contribution in [2.45, 2.75) is 170 Å². The van der Waals surface area contributed by atoms with Gasteiger partial charge >= 0.3 is 12.0 Å². The molecule has 0 radical (unpaired) electrons. The maximum atomic E-state index is 15.0. The number of unbranched alkanes of at least 4 members (excludes halogenated alkanes) is 1. The molecule has 2 bridgehead atoms. The van der Waals surface area contributed by atoms with E-state index in [0.717, 1.165) is 25.0 Å². The lowest BCUT2D eigenvalue weighted by molar-refractivity contribution is -0.143. The summed E-state index contributed by atoms with van der Waals surface area (Å²) in [5, 5.41) is 43.6. The fourth-order valence-electron chi connectivity index (χ4n) is 11.4. The summed E-state index contributed by atoms with van der Waals surface area (Å²) >= 11 is 1.85. The summed E-state index contributed by atoms with van der Waals surface area (Å²) in [7, 11) is 0. The van der Waals surface area contributed by atoms with Crippen LogP contribution >= 0.6 is 11.8 Å². The number of carbonyl (C=O) groups is 11. The number of carboxylic acid groups (broad SMARTS) is 1. The Morgan fingerprint density at radius 3 is 2.03 bits per heavy atom. The quantitative estimate of drug-likeness (QED) is 0.0349. The number of hydrogen-bond donors (Lipinski definition) is 11. The van der Waals surface area contributed by atoms with Gasteiger partial charge in [0, 0.05) is 62.5 Å². The molecule has 92 heavy (non-hydrogen) atoms. The number of aromatic nitrogens is 3. The number of ether oxygens (including phenoxy) is 3. The van der Waals surface area contributed by atoms with Crippen LogP contribution in [-0.4, -0.2) is 208 Å². The molecular formula is C62H88N14O15S. The Morgan fingerprint density at radius 2 is 1.34 bits per heavy atom. The normalized spacial score (nSPS) is 24.6. The maximum Gasteiger partial charge on any atom is 0.315 e. The molecule has 3 aromatic rings. The second-order valence-electron chi connectivity index (χ2n) is 23.8. The molecule has 502 valence electrons. The molecule has 0 unspecified atom stereocenters. The van der Waals surface area contributed by atoms with E-state index in [0.29, 0.717) is 42.2 Å². The van der Waals surface area contributed by atoms with Crippen LogP contribution in [-0.2, 0) is 88.0 Å². The topological polar surface area (TPSA) is 404 Å². The van der Waals surface area contributed by atoms with Crippen LogP contribution in [0.15, 0.2) is 66.9 Å². The average Bonchev–Trinajstić information content (AvgIpc) is 1.63. The number of rotatable bonds is 26. The third kappa shape index (κ3) is 23.2. The van der Waals surface area contributed by atoms with Crippen molar-refractivity contribution >= 4 is 76.9 Å². The number of hydrogen-bond acceptors (Lipinski definition) is 17. The van der Waals surface area contributed by atoms with Crippen LogP contribution in [0.3, 0.4) is 0 Å². The maximum absolute atomic E-state index is 15.0. The van der Waals surface area contributed by atoms with Gasteiger partial charge in [-0.2, -0.15) is 11.8 Å². The van der Waals surface area contributed by atoms with Crippen LogP contribution in [0.2, 0.25) is 0 Å². The van der Waals surface area contributed by atoms with Gasteiger partial charge in [0.1, 0.15) is 48.9 Å². The SMILES string of the molecule is CC(C)C[C@@H]1NC(=O)[C@@H](NC(=O)COCCOCCOCCNC(=O)CCCC[C@H]2SC[C@H]3NC(=O)N[C@H]32)Cc2cn(nn2)CCCC[C@@H](C(N)=O)NC(=O)[C@H](CC(=O)O)NC(=O)[C@H](Cc2ccccc2)NC(=O)[C@@H]2CCCN2C(=O)[C@H](Cc2ccccc2)NC1=O. The number of nitrogens with two attached hydrogens (primary N) is 1. The van der Waals surface area contributed by atoms with Crippen molar-refractivity contribution in [3.8, 4) is 0 Å². The van der Waals surface area contributed by atoms with E-state index in [1.807, 2.05) is 25.6 Å². The molecular weight excluding hydrogens is 1210 g/mol. The zero-order valence-corrected chi connectivity index (χ0v) is 52.9. The molecule has 3 saturated heterocycles. The van der Waals surface area contributed by atoms with Gasteiger partial charge in [-0.25, -0.2) is 4.79 Å². The van der Waals surface area contributed by atoms with E-state index in [4.69, 9.17) is 19.9 Å². The van der Waals surface area contributed by atoms with E-state index >= 15 is 0 Å². The monoisotopic (exact) mass is 1300 g/mol. The second kappa shape index (κ2) is 36.7. The highest BCUT2D eigenvalue weighted by Crippen LogP contribution is 2.33. The Kier molecular flexibility index (Phi) is 28.4.